The Labute approximate surface area is 197 Å². The second kappa shape index (κ2) is 12.4. The Balaban J connectivity index is 1.58. The molecule has 0 fully saturated rings. The molecule has 4 N–H and O–H groups in total. The maximum atomic E-state index is 12.5. The van der Waals surface area contributed by atoms with Crippen molar-refractivity contribution in [3.05, 3.63) is 71.8 Å². The van der Waals surface area contributed by atoms with Gasteiger partial charge in [-0.1, -0.05) is 30.3 Å². The maximum Gasteiger partial charge on any atom is 0.530 e. The van der Waals surface area contributed by atoms with Gasteiger partial charge in [0.05, 0.1) is 25.6 Å². The molecule has 3 aromatic rings. The molecule has 0 atom stereocenters. The lowest BCUT2D eigenvalue weighted by Gasteiger charge is -2.16. The van der Waals surface area contributed by atoms with E-state index in [0.29, 0.717) is 17.4 Å². The zero-order valence-electron chi connectivity index (χ0n) is 18.8. The van der Waals surface area contributed by atoms with Crippen LogP contribution in [-0.2, 0) is 13.6 Å². The Morgan fingerprint density at radius 2 is 1.41 bits per heavy atom. The molecule has 0 saturated carbocycles. The number of aromatic nitrogens is 2. The Morgan fingerprint density at radius 3 is 1.94 bits per heavy atom. The number of nitrogen functional groups attached to an aromatic ring is 1. The van der Waals surface area contributed by atoms with Gasteiger partial charge in [-0.25, -0.2) is 4.57 Å². The lowest BCUT2D eigenvalue weighted by Crippen LogP contribution is -2.03. The Hall–Kier alpha value is -3.79. The van der Waals surface area contributed by atoms with E-state index in [9.17, 15) is 4.57 Å². The maximum absolute atomic E-state index is 12.5. The largest absolute Gasteiger partial charge is 0.530 e. The molecule has 12 heteroatoms. The number of phosphoric acid groups is 1. The average Bonchev–Trinajstić information content (AvgIpc) is 2.81. The minimum atomic E-state index is -3.64. The third kappa shape index (κ3) is 7.96. The molecule has 0 amide bonds. The summed E-state index contributed by atoms with van der Waals surface area (Å²) in [4.78, 5) is 8.18. The van der Waals surface area contributed by atoms with Gasteiger partial charge in [-0.2, -0.15) is 20.2 Å². The first-order valence-electron chi connectivity index (χ1n) is 10.5. The second-order valence-corrected chi connectivity index (χ2v) is 8.18. The molecule has 11 nitrogen and oxygen atoms in total. The first kappa shape index (κ1) is 24.8. The predicted molar refractivity (Wildman–Crippen MR) is 133 cm³/mol. The Kier molecular flexibility index (Phi) is 9.10. The number of hydrazone groups is 2. The molecular weight excluding hydrogens is 457 g/mol. The van der Waals surface area contributed by atoms with Crippen LogP contribution in [0.15, 0.2) is 70.9 Å². The van der Waals surface area contributed by atoms with E-state index < -0.39 is 7.82 Å². The van der Waals surface area contributed by atoms with Crippen molar-refractivity contribution in [2.24, 2.45) is 10.2 Å². The van der Waals surface area contributed by atoms with Gasteiger partial charge in [0.25, 0.3) is 0 Å². The van der Waals surface area contributed by atoms with E-state index in [-0.39, 0.29) is 19.2 Å². The van der Waals surface area contributed by atoms with Crippen LogP contribution in [0.4, 0.5) is 17.6 Å². The molecule has 0 saturated heterocycles. The van der Waals surface area contributed by atoms with E-state index in [1.807, 2.05) is 30.3 Å². The third-order valence-electron chi connectivity index (χ3n) is 4.00. The van der Waals surface area contributed by atoms with E-state index in [2.05, 4.69) is 31.0 Å². The number of nitrogens with one attached hydrogen (secondary N) is 2. The molecule has 0 bridgehead atoms. The van der Waals surface area contributed by atoms with Crippen molar-refractivity contribution in [2.45, 2.75) is 13.8 Å². The van der Waals surface area contributed by atoms with Gasteiger partial charge < -0.3 is 10.3 Å². The monoisotopic (exact) mass is 483 g/mol. The molecule has 0 aliphatic heterocycles. The molecule has 1 heterocycles. The van der Waals surface area contributed by atoms with Crippen molar-refractivity contribution in [3.8, 4) is 5.75 Å². The van der Waals surface area contributed by atoms with Crippen molar-refractivity contribution in [1.29, 1.82) is 0 Å². The molecule has 0 spiro atoms. The molecule has 2 aromatic carbocycles. The van der Waals surface area contributed by atoms with Crippen LogP contribution in [0.5, 0.6) is 5.75 Å². The van der Waals surface area contributed by atoms with Crippen LogP contribution in [0.2, 0.25) is 0 Å². The van der Waals surface area contributed by atoms with Crippen LogP contribution in [0, 0.1) is 0 Å². The highest BCUT2D eigenvalue weighted by molar-refractivity contribution is 7.48. The van der Waals surface area contributed by atoms with Crippen molar-refractivity contribution in [2.75, 3.05) is 29.8 Å². The lowest BCUT2D eigenvalue weighted by molar-refractivity contribution is 0.167. The summed E-state index contributed by atoms with van der Waals surface area (Å²) in [5, 5.41) is 8.29. The van der Waals surface area contributed by atoms with Gasteiger partial charge in [0, 0.05) is 6.07 Å². The highest BCUT2D eigenvalue weighted by atomic mass is 31.2. The fourth-order valence-electron chi connectivity index (χ4n) is 2.62. The van der Waals surface area contributed by atoms with Gasteiger partial charge in [-0.3, -0.25) is 19.9 Å². The van der Waals surface area contributed by atoms with Crippen LogP contribution in [-0.4, -0.2) is 35.6 Å². The van der Waals surface area contributed by atoms with Crippen LogP contribution < -0.4 is 21.1 Å². The summed E-state index contributed by atoms with van der Waals surface area (Å²) in [5.41, 5.74) is 13.1. The number of phosphoric ester groups is 1. The summed E-state index contributed by atoms with van der Waals surface area (Å²) >= 11 is 0. The van der Waals surface area contributed by atoms with Gasteiger partial charge in [0.1, 0.15) is 5.75 Å². The number of nitrogens with zero attached hydrogens (tertiary/aromatic N) is 4. The first-order valence-corrected chi connectivity index (χ1v) is 11.9. The molecule has 0 aliphatic rings. The molecule has 1 aromatic heterocycles. The summed E-state index contributed by atoms with van der Waals surface area (Å²) in [6, 6.07) is 18.0. The van der Waals surface area contributed by atoms with Crippen LogP contribution in [0.25, 0.3) is 0 Å². The molecule has 34 heavy (non-hydrogen) atoms. The molecular formula is C22H26N7O4P. The quantitative estimate of drug-likeness (QED) is 0.192. The molecule has 0 radical (unpaired) electrons. The van der Waals surface area contributed by atoms with E-state index in [4.69, 9.17) is 19.3 Å². The van der Waals surface area contributed by atoms with Crippen LogP contribution in [0.1, 0.15) is 25.0 Å². The Morgan fingerprint density at radius 1 is 0.882 bits per heavy atom. The van der Waals surface area contributed by atoms with Gasteiger partial charge in [-0.15, -0.1) is 0 Å². The number of hydrogen-bond donors (Lipinski definition) is 3. The number of hydrogen-bond acceptors (Lipinski definition) is 11. The van der Waals surface area contributed by atoms with Gasteiger partial charge >= 0.3 is 7.82 Å². The number of anilines is 3. The standard InChI is InChI=1S/C22H26N7O4P/c1-3-31-34(30,32-4-2)33-19-12-10-18(11-13-19)16-25-29-21-14-20(26-22(23)27-21)28-24-15-17-8-6-5-7-9-17/h5-16H,3-4H2,1-2H3,(H4,23,26,27,28,29)/b24-15+,25-16+. The number of nitrogens with two attached hydrogens (primary N) is 1. The summed E-state index contributed by atoms with van der Waals surface area (Å²) in [6.45, 7) is 3.84. The van der Waals surface area contributed by atoms with Crippen molar-refractivity contribution in [1.82, 2.24) is 9.97 Å². The number of benzene rings is 2. The van der Waals surface area contributed by atoms with E-state index in [1.165, 1.54) is 0 Å². The molecule has 0 unspecified atom stereocenters. The average molecular weight is 483 g/mol. The summed E-state index contributed by atoms with van der Waals surface area (Å²) < 4.78 is 28.1. The zero-order chi connectivity index (χ0) is 24.2. The smallest absolute Gasteiger partial charge is 0.404 e. The fourth-order valence-corrected chi connectivity index (χ4v) is 3.81. The summed E-state index contributed by atoms with van der Waals surface area (Å²) in [7, 11) is -3.64. The van der Waals surface area contributed by atoms with Gasteiger partial charge in [-0.05, 0) is 49.2 Å². The first-order chi connectivity index (χ1) is 16.5. The third-order valence-corrected chi connectivity index (χ3v) is 5.58. The lowest BCUT2D eigenvalue weighted by atomic mass is 10.2. The van der Waals surface area contributed by atoms with Gasteiger partial charge in [0.2, 0.25) is 5.95 Å². The Bertz CT molecular complexity index is 1150. The summed E-state index contributed by atoms with van der Waals surface area (Å²) in [5.74, 6) is 1.21. The van der Waals surface area contributed by atoms with Crippen molar-refractivity contribution < 1.29 is 18.1 Å². The van der Waals surface area contributed by atoms with E-state index >= 15 is 0 Å². The molecule has 0 aliphatic carbocycles. The zero-order valence-corrected chi connectivity index (χ0v) is 19.7. The fraction of sp³-hybridized carbons (Fsp3) is 0.182. The normalized spacial score (nSPS) is 11.7. The highest BCUT2D eigenvalue weighted by Crippen LogP contribution is 2.49. The minimum Gasteiger partial charge on any atom is -0.404 e. The van der Waals surface area contributed by atoms with Crippen LogP contribution in [0.3, 0.4) is 0 Å². The SMILES string of the molecule is CCOP(=O)(OCC)Oc1ccc(/C=N/Nc2cc(N/N=C/c3ccccc3)nc(N)n2)cc1. The molecule has 3 rings (SSSR count). The highest BCUT2D eigenvalue weighted by Gasteiger charge is 2.27. The summed E-state index contributed by atoms with van der Waals surface area (Å²) in [6.07, 6.45) is 3.24. The van der Waals surface area contributed by atoms with E-state index in [0.717, 1.165) is 11.1 Å². The van der Waals surface area contributed by atoms with Gasteiger partial charge in [0.15, 0.2) is 11.6 Å². The number of rotatable bonds is 12. The predicted octanol–water partition coefficient (Wildman–Crippen LogP) is 4.51. The molecule has 178 valence electrons. The van der Waals surface area contributed by atoms with Crippen molar-refractivity contribution in [3.63, 3.8) is 0 Å². The van der Waals surface area contributed by atoms with Crippen molar-refractivity contribution >= 4 is 37.8 Å². The second-order valence-electron chi connectivity index (χ2n) is 6.59. The topological polar surface area (TPSA) is 145 Å². The van der Waals surface area contributed by atoms with E-state index in [1.54, 1.807) is 56.6 Å². The van der Waals surface area contributed by atoms with Crippen LogP contribution >= 0.6 is 7.82 Å². The minimum absolute atomic E-state index is 0.0622.